The van der Waals surface area contributed by atoms with Crippen LogP contribution in [0.5, 0.6) is 0 Å². The molecule has 4 rings (SSSR count). The molecule has 1 aromatic carbocycles. The largest absolute Gasteiger partial charge is 0.396 e. The molecule has 0 unspecified atom stereocenters. The molecule has 2 amide bonds. The first-order valence-electron chi connectivity index (χ1n) is 11.2. The van der Waals surface area contributed by atoms with Crippen LogP contribution in [0.4, 0.5) is 5.69 Å². The van der Waals surface area contributed by atoms with Crippen molar-refractivity contribution >= 4 is 17.5 Å². The van der Waals surface area contributed by atoms with Crippen molar-refractivity contribution in [1.29, 1.82) is 0 Å². The van der Waals surface area contributed by atoms with Gasteiger partial charge in [0.15, 0.2) is 0 Å². The Bertz CT molecular complexity index is 771. The Labute approximate surface area is 178 Å². The summed E-state index contributed by atoms with van der Waals surface area (Å²) in [6.07, 6.45) is 4.68. The molecule has 1 saturated heterocycles. The molecular formula is C23H33N3O4. The van der Waals surface area contributed by atoms with E-state index in [0.29, 0.717) is 12.5 Å². The van der Waals surface area contributed by atoms with Gasteiger partial charge in [-0.1, -0.05) is 31.0 Å². The zero-order valence-electron chi connectivity index (χ0n) is 17.7. The number of anilines is 1. The lowest BCUT2D eigenvalue weighted by Gasteiger charge is -2.41. The van der Waals surface area contributed by atoms with Crippen LogP contribution in [0.25, 0.3) is 0 Å². The van der Waals surface area contributed by atoms with Crippen molar-refractivity contribution in [3.8, 4) is 0 Å². The van der Waals surface area contributed by atoms with E-state index in [4.69, 9.17) is 9.84 Å². The molecule has 1 aromatic rings. The van der Waals surface area contributed by atoms with Crippen LogP contribution in [0, 0.1) is 11.8 Å². The number of benzene rings is 1. The lowest BCUT2D eigenvalue weighted by atomic mass is 9.81. The highest BCUT2D eigenvalue weighted by molar-refractivity contribution is 5.83. The van der Waals surface area contributed by atoms with E-state index in [9.17, 15) is 9.59 Å². The third kappa shape index (κ3) is 4.05. The number of nitrogens with zero attached hydrogens (tertiary/aromatic N) is 1. The minimum atomic E-state index is -0.192. The predicted octanol–water partition coefficient (Wildman–Crippen LogP) is 2.07. The third-order valence-electron chi connectivity index (χ3n) is 6.98. The zero-order chi connectivity index (χ0) is 21.1. The number of carbonyl (C=O) groups excluding carboxylic acids is 2. The van der Waals surface area contributed by atoms with Gasteiger partial charge in [0, 0.05) is 37.7 Å². The summed E-state index contributed by atoms with van der Waals surface area (Å²) in [5, 5.41) is 15.7. The highest BCUT2D eigenvalue weighted by Crippen LogP contribution is 2.47. The predicted molar refractivity (Wildman–Crippen MR) is 114 cm³/mol. The van der Waals surface area contributed by atoms with Crippen LogP contribution in [0.15, 0.2) is 24.3 Å². The third-order valence-corrected chi connectivity index (χ3v) is 6.98. The quantitative estimate of drug-likeness (QED) is 0.662. The number of rotatable bonds is 6. The molecule has 0 radical (unpaired) electrons. The highest BCUT2D eigenvalue weighted by Gasteiger charge is 2.48. The number of likely N-dealkylation sites (tertiary alicyclic amines) is 1. The molecule has 0 aromatic heterocycles. The van der Waals surface area contributed by atoms with E-state index in [1.807, 2.05) is 12.1 Å². The van der Waals surface area contributed by atoms with Gasteiger partial charge >= 0.3 is 0 Å². The van der Waals surface area contributed by atoms with Gasteiger partial charge in [0.1, 0.15) is 0 Å². The smallest absolute Gasteiger partial charge is 0.228 e. The Hall–Kier alpha value is -2.12. The maximum atomic E-state index is 13.8. The Kier molecular flexibility index (Phi) is 6.58. The van der Waals surface area contributed by atoms with Gasteiger partial charge < -0.3 is 25.4 Å². The van der Waals surface area contributed by atoms with Crippen LogP contribution in [0.1, 0.15) is 50.1 Å². The fourth-order valence-electron chi connectivity index (χ4n) is 5.61. The Morgan fingerprint density at radius 1 is 1.23 bits per heavy atom. The second-order valence-electron chi connectivity index (χ2n) is 8.76. The maximum absolute atomic E-state index is 13.8. The highest BCUT2D eigenvalue weighted by atomic mass is 16.5. The van der Waals surface area contributed by atoms with Gasteiger partial charge in [-0.25, -0.2) is 0 Å². The number of ether oxygens (including phenoxy) is 1. The number of aliphatic hydroxyl groups excluding tert-OH is 1. The van der Waals surface area contributed by atoms with E-state index in [1.54, 1.807) is 7.11 Å². The maximum Gasteiger partial charge on any atom is 0.228 e. The number of fused-ring (bicyclic) bond motifs is 3. The van der Waals surface area contributed by atoms with Crippen LogP contribution < -0.4 is 10.6 Å². The summed E-state index contributed by atoms with van der Waals surface area (Å²) in [6, 6.07) is 8.34. The topological polar surface area (TPSA) is 90.9 Å². The van der Waals surface area contributed by atoms with Crippen LogP contribution in [0.2, 0.25) is 0 Å². The molecule has 3 aliphatic rings. The van der Waals surface area contributed by atoms with Crippen LogP contribution in [-0.2, 0) is 14.3 Å². The standard InChI is InChI=1S/C23H33N3O4/c1-30-14-20-16-10-12-26(22(16)15-6-2-4-8-18(15)24-20)23(29)17-7-3-5-9-19(17)25-21(28)11-13-27/h2,4,6,8,16-17,19-20,22,24,27H,3,5,7,9-14H2,1H3,(H,25,28)/t16-,17+,19-,20+,22+/m1/s1. The van der Waals surface area contributed by atoms with Crippen molar-refractivity contribution in [2.45, 2.75) is 56.7 Å². The fourth-order valence-corrected chi connectivity index (χ4v) is 5.61. The summed E-state index contributed by atoms with van der Waals surface area (Å²) < 4.78 is 5.47. The molecule has 3 N–H and O–H groups in total. The summed E-state index contributed by atoms with van der Waals surface area (Å²) in [4.78, 5) is 27.9. The second kappa shape index (κ2) is 9.35. The number of methoxy groups -OCH3 is 1. The minimum Gasteiger partial charge on any atom is -0.396 e. The number of nitrogens with one attached hydrogen (secondary N) is 2. The van der Waals surface area contributed by atoms with Gasteiger partial charge in [0.05, 0.1) is 31.2 Å². The number of carbonyl (C=O) groups is 2. The average molecular weight is 416 g/mol. The number of para-hydroxylation sites is 1. The average Bonchev–Trinajstić information content (AvgIpc) is 3.20. The number of amides is 2. The first-order valence-corrected chi connectivity index (χ1v) is 11.2. The van der Waals surface area contributed by atoms with Gasteiger partial charge in [-0.05, 0) is 30.9 Å². The lowest BCUT2D eigenvalue weighted by molar-refractivity contribution is -0.139. The molecule has 2 fully saturated rings. The summed E-state index contributed by atoms with van der Waals surface area (Å²) >= 11 is 0. The molecule has 5 atom stereocenters. The first kappa shape index (κ1) is 21.1. The van der Waals surface area contributed by atoms with E-state index < -0.39 is 0 Å². The summed E-state index contributed by atoms with van der Waals surface area (Å²) in [7, 11) is 1.72. The molecule has 2 aliphatic heterocycles. The Morgan fingerprint density at radius 2 is 2.03 bits per heavy atom. The molecular weight excluding hydrogens is 382 g/mol. The zero-order valence-corrected chi connectivity index (χ0v) is 17.7. The Morgan fingerprint density at radius 3 is 2.83 bits per heavy atom. The van der Waals surface area contributed by atoms with Gasteiger partial charge in [-0.2, -0.15) is 0 Å². The first-order chi connectivity index (χ1) is 14.6. The van der Waals surface area contributed by atoms with E-state index in [1.165, 1.54) is 5.56 Å². The van der Waals surface area contributed by atoms with Gasteiger partial charge in [0.25, 0.3) is 0 Å². The Balaban J connectivity index is 1.57. The molecule has 1 saturated carbocycles. The molecule has 164 valence electrons. The van der Waals surface area contributed by atoms with Crippen LogP contribution in [0.3, 0.4) is 0 Å². The van der Waals surface area contributed by atoms with Gasteiger partial charge in [-0.3, -0.25) is 9.59 Å². The van der Waals surface area contributed by atoms with Crippen molar-refractivity contribution < 1.29 is 19.4 Å². The normalized spacial score (nSPS) is 30.2. The van der Waals surface area contributed by atoms with Crippen LogP contribution >= 0.6 is 0 Å². The molecule has 7 nitrogen and oxygen atoms in total. The molecule has 0 bridgehead atoms. The minimum absolute atomic E-state index is 0.0471. The number of aliphatic hydroxyl groups is 1. The molecule has 30 heavy (non-hydrogen) atoms. The number of hydrogen-bond donors (Lipinski definition) is 3. The van der Waals surface area contributed by atoms with Crippen molar-refractivity contribution in [2.75, 3.05) is 32.2 Å². The SMILES string of the molecule is COC[C@@H]1Nc2ccccc2[C@H]2[C@@H]1CCN2C(=O)[C@H]1CCCC[C@H]1NC(=O)CCO. The van der Waals surface area contributed by atoms with E-state index in [0.717, 1.165) is 44.3 Å². The van der Waals surface area contributed by atoms with Crippen molar-refractivity contribution in [1.82, 2.24) is 10.2 Å². The summed E-state index contributed by atoms with van der Waals surface area (Å²) in [5.41, 5.74) is 2.26. The van der Waals surface area contributed by atoms with E-state index in [-0.39, 0.29) is 48.9 Å². The van der Waals surface area contributed by atoms with Gasteiger partial charge in [0.2, 0.25) is 11.8 Å². The summed E-state index contributed by atoms with van der Waals surface area (Å²) in [5.74, 6) is 0.108. The fraction of sp³-hybridized carbons (Fsp3) is 0.652. The van der Waals surface area contributed by atoms with Crippen molar-refractivity contribution in [3.05, 3.63) is 29.8 Å². The van der Waals surface area contributed by atoms with E-state index >= 15 is 0 Å². The van der Waals surface area contributed by atoms with Crippen LogP contribution in [-0.4, -0.2) is 60.8 Å². The summed E-state index contributed by atoms with van der Waals surface area (Å²) in [6.45, 7) is 1.18. The number of hydrogen-bond acceptors (Lipinski definition) is 5. The monoisotopic (exact) mass is 415 g/mol. The molecule has 0 spiro atoms. The molecule has 2 heterocycles. The molecule has 1 aliphatic carbocycles. The second-order valence-corrected chi connectivity index (χ2v) is 8.76. The van der Waals surface area contributed by atoms with Gasteiger partial charge in [-0.15, -0.1) is 0 Å². The van der Waals surface area contributed by atoms with Crippen molar-refractivity contribution in [2.24, 2.45) is 11.8 Å². The van der Waals surface area contributed by atoms with E-state index in [2.05, 4.69) is 27.7 Å². The molecule has 7 heteroatoms. The van der Waals surface area contributed by atoms with Crippen molar-refractivity contribution in [3.63, 3.8) is 0 Å². The lowest BCUT2D eigenvalue weighted by Crippen LogP contribution is -2.50.